The molecule has 0 spiro atoms. The summed E-state index contributed by atoms with van der Waals surface area (Å²) in [5.41, 5.74) is 2.74. The van der Waals surface area contributed by atoms with E-state index in [9.17, 15) is 8.42 Å². The third-order valence-electron chi connectivity index (χ3n) is 4.27. The summed E-state index contributed by atoms with van der Waals surface area (Å²) in [6.45, 7) is 2.08. The van der Waals surface area contributed by atoms with E-state index in [1.54, 1.807) is 48.5 Å². The minimum Gasteiger partial charge on any atom is -0.377 e. The Hall–Kier alpha value is -2.05. The largest absolute Gasteiger partial charge is 0.377 e. The van der Waals surface area contributed by atoms with Gasteiger partial charge in [0.05, 0.1) is 10.9 Å². The van der Waals surface area contributed by atoms with Crippen LogP contribution in [0.15, 0.2) is 77.7 Å². The number of hydrogen-bond acceptors (Lipinski definition) is 3. The Morgan fingerprint density at radius 2 is 1.36 bits per heavy atom. The first-order valence-electron chi connectivity index (χ1n) is 8.67. The second kappa shape index (κ2) is 8.97. The lowest BCUT2D eigenvalue weighted by Gasteiger charge is -2.21. The summed E-state index contributed by atoms with van der Waals surface area (Å²) >= 11 is 11.9. The van der Waals surface area contributed by atoms with E-state index in [0.29, 0.717) is 10.0 Å². The number of benzene rings is 3. The fourth-order valence-electron chi connectivity index (χ4n) is 2.69. The Kier molecular flexibility index (Phi) is 6.62. The highest BCUT2D eigenvalue weighted by Crippen LogP contribution is 2.23. The number of rotatable bonds is 7. The zero-order valence-corrected chi connectivity index (χ0v) is 17.5. The van der Waals surface area contributed by atoms with Crippen molar-refractivity contribution in [2.75, 3.05) is 11.9 Å². The predicted molar refractivity (Wildman–Crippen MR) is 116 cm³/mol. The van der Waals surface area contributed by atoms with Crippen LogP contribution in [-0.2, 0) is 10.0 Å². The van der Waals surface area contributed by atoms with Crippen molar-refractivity contribution in [2.45, 2.75) is 17.9 Å². The average molecular weight is 435 g/mol. The summed E-state index contributed by atoms with van der Waals surface area (Å²) in [4.78, 5) is 0.236. The van der Waals surface area contributed by atoms with Crippen LogP contribution >= 0.6 is 23.2 Å². The molecular weight excluding hydrogens is 415 g/mol. The zero-order chi connectivity index (χ0) is 20.1. The van der Waals surface area contributed by atoms with Gasteiger partial charge in [-0.1, -0.05) is 53.0 Å². The van der Waals surface area contributed by atoms with Crippen LogP contribution in [0.25, 0.3) is 0 Å². The maximum absolute atomic E-state index is 12.7. The Labute approximate surface area is 175 Å². The number of sulfonamides is 1. The molecule has 3 rings (SSSR count). The van der Waals surface area contributed by atoms with Crippen LogP contribution in [-0.4, -0.2) is 15.0 Å². The maximum atomic E-state index is 12.7. The van der Waals surface area contributed by atoms with Gasteiger partial charge in [0.2, 0.25) is 10.0 Å². The quantitative estimate of drug-likeness (QED) is 0.520. The summed E-state index contributed by atoms with van der Waals surface area (Å²) in [5.74, 6) is 0. The lowest BCUT2D eigenvalue weighted by Crippen LogP contribution is -2.31. The van der Waals surface area contributed by atoms with Gasteiger partial charge in [-0.05, 0) is 61.0 Å². The molecule has 4 nitrogen and oxygen atoms in total. The molecule has 28 heavy (non-hydrogen) atoms. The third kappa shape index (κ3) is 5.49. The monoisotopic (exact) mass is 434 g/mol. The number of anilines is 1. The molecule has 0 aliphatic rings. The second-order valence-corrected chi connectivity index (χ2v) is 9.06. The van der Waals surface area contributed by atoms with Crippen LogP contribution in [0.4, 0.5) is 5.69 Å². The molecule has 146 valence electrons. The molecule has 0 bridgehead atoms. The van der Waals surface area contributed by atoms with Gasteiger partial charge in [0, 0.05) is 22.3 Å². The Balaban J connectivity index is 1.81. The molecule has 0 aliphatic heterocycles. The standard InChI is InChI=1S/C21H20Cl2N2O2S/c1-15-2-12-20(13-3-15)28(26,27)24-14-21(16-4-6-17(22)7-5-16)25-19-10-8-18(23)9-11-19/h2-13,21,24-25H,14H2,1H3. The number of halogens is 2. The molecule has 3 aromatic rings. The van der Waals surface area contributed by atoms with Crippen molar-refractivity contribution < 1.29 is 8.42 Å². The molecule has 0 heterocycles. The van der Waals surface area contributed by atoms with Crippen molar-refractivity contribution in [3.05, 3.63) is 94.0 Å². The molecule has 1 atom stereocenters. The van der Waals surface area contributed by atoms with Crippen molar-refractivity contribution in [3.63, 3.8) is 0 Å². The number of aryl methyl sites for hydroxylation is 1. The van der Waals surface area contributed by atoms with E-state index in [2.05, 4.69) is 10.0 Å². The van der Waals surface area contributed by atoms with E-state index in [1.807, 2.05) is 31.2 Å². The molecular formula is C21H20Cl2N2O2S. The predicted octanol–water partition coefficient (Wildman–Crippen LogP) is 5.43. The first-order valence-corrected chi connectivity index (χ1v) is 10.9. The molecule has 0 saturated carbocycles. The molecule has 0 radical (unpaired) electrons. The van der Waals surface area contributed by atoms with Crippen LogP contribution in [0.2, 0.25) is 10.0 Å². The van der Waals surface area contributed by atoms with E-state index in [4.69, 9.17) is 23.2 Å². The van der Waals surface area contributed by atoms with Gasteiger partial charge in [0.15, 0.2) is 0 Å². The highest BCUT2D eigenvalue weighted by Gasteiger charge is 2.18. The minimum absolute atomic E-state index is 0.167. The van der Waals surface area contributed by atoms with Crippen LogP contribution < -0.4 is 10.0 Å². The fraction of sp³-hybridized carbons (Fsp3) is 0.143. The van der Waals surface area contributed by atoms with Crippen molar-refractivity contribution in [3.8, 4) is 0 Å². The topological polar surface area (TPSA) is 58.2 Å². The smallest absolute Gasteiger partial charge is 0.240 e. The Morgan fingerprint density at radius 1 is 0.821 bits per heavy atom. The first-order chi connectivity index (χ1) is 13.3. The number of nitrogens with one attached hydrogen (secondary N) is 2. The van der Waals surface area contributed by atoms with Gasteiger partial charge in [0.1, 0.15) is 0 Å². The van der Waals surface area contributed by atoms with E-state index < -0.39 is 10.0 Å². The van der Waals surface area contributed by atoms with Crippen LogP contribution in [0, 0.1) is 6.92 Å². The van der Waals surface area contributed by atoms with Crippen LogP contribution in [0.1, 0.15) is 17.2 Å². The SMILES string of the molecule is Cc1ccc(S(=O)(=O)NCC(Nc2ccc(Cl)cc2)c2ccc(Cl)cc2)cc1. The van der Waals surface area contributed by atoms with E-state index in [1.165, 1.54) is 0 Å². The van der Waals surface area contributed by atoms with Crippen molar-refractivity contribution in [1.82, 2.24) is 4.72 Å². The first kappa shape index (κ1) is 20.7. The molecule has 2 N–H and O–H groups in total. The average Bonchev–Trinajstić information content (AvgIpc) is 2.68. The van der Waals surface area contributed by atoms with Gasteiger partial charge >= 0.3 is 0 Å². The van der Waals surface area contributed by atoms with Crippen LogP contribution in [0.5, 0.6) is 0 Å². The highest BCUT2D eigenvalue weighted by molar-refractivity contribution is 7.89. The summed E-state index contributed by atoms with van der Waals surface area (Å²) in [7, 11) is -3.62. The maximum Gasteiger partial charge on any atom is 0.240 e. The van der Waals surface area contributed by atoms with Crippen LogP contribution in [0.3, 0.4) is 0 Å². The molecule has 0 amide bonds. The summed E-state index contributed by atoms with van der Waals surface area (Å²) in [6.07, 6.45) is 0. The van der Waals surface area contributed by atoms with Crippen molar-refractivity contribution in [2.24, 2.45) is 0 Å². The summed E-state index contributed by atoms with van der Waals surface area (Å²) < 4.78 is 28.0. The Morgan fingerprint density at radius 3 is 1.93 bits per heavy atom. The molecule has 1 unspecified atom stereocenters. The third-order valence-corrected chi connectivity index (χ3v) is 6.21. The molecule has 0 aliphatic carbocycles. The van der Waals surface area contributed by atoms with E-state index in [0.717, 1.165) is 16.8 Å². The Bertz CT molecular complexity index is 1020. The van der Waals surface area contributed by atoms with Gasteiger partial charge in [-0.25, -0.2) is 13.1 Å². The number of hydrogen-bond donors (Lipinski definition) is 2. The van der Waals surface area contributed by atoms with Gasteiger partial charge in [-0.15, -0.1) is 0 Å². The van der Waals surface area contributed by atoms with Gasteiger partial charge in [-0.3, -0.25) is 0 Å². The molecule has 0 fully saturated rings. The van der Waals surface area contributed by atoms with Crippen molar-refractivity contribution >= 4 is 38.9 Å². The summed E-state index contributed by atoms with van der Waals surface area (Å²) in [5, 5.41) is 4.60. The van der Waals surface area contributed by atoms with Gasteiger partial charge in [0.25, 0.3) is 0 Å². The normalized spacial score (nSPS) is 12.5. The van der Waals surface area contributed by atoms with Gasteiger partial charge in [-0.2, -0.15) is 0 Å². The molecule has 3 aromatic carbocycles. The lowest BCUT2D eigenvalue weighted by atomic mass is 10.1. The second-order valence-electron chi connectivity index (χ2n) is 6.42. The lowest BCUT2D eigenvalue weighted by molar-refractivity contribution is 0.576. The van der Waals surface area contributed by atoms with E-state index in [-0.39, 0.29) is 17.5 Å². The molecule has 7 heteroatoms. The van der Waals surface area contributed by atoms with E-state index >= 15 is 0 Å². The summed E-state index contributed by atoms with van der Waals surface area (Å²) in [6, 6.07) is 21.0. The molecule has 0 saturated heterocycles. The molecule has 0 aromatic heterocycles. The highest BCUT2D eigenvalue weighted by atomic mass is 35.5. The zero-order valence-electron chi connectivity index (χ0n) is 15.2. The fourth-order valence-corrected chi connectivity index (χ4v) is 3.99. The minimum atomic E-state index is -3.62. The van der Waals surface area contributed by atoms with Gasteiger partial charge < -0.3 is 5.32 Å². The van der Waals surface area contributed by atoms with Crippen molar-refractivity contribution in [1.29, 1.82) is 0 Å².